The zero-order chi connectivity index (χ0) is 19.1. The molecule has 2 aromatic rings. The van der Waals surface area contributed by atoms with E-state index >= 15 is 0 Å². The van der Waals surface area contributed by atoms with Crippen LogP contribution in [0.25, 0.3) is 0 Å². The molecule has 2 amide bonds. The van der Waals surface area contributed by atoms with E-state index in [-0.39, 0.29) is 17.9 Å². The Hall–Kier alpha value is -3.15. The van der Waals surface area contributed by atoms with Gasteiger partial charge in [0.15, 0.2) is 0 Å². The maximum Gasteiger partial charge on any atom is 0.339 e. The Labute approximate surface area is 152 Å². The standard InChI is InChI=1S/C20H22N2O4/c1-13(2)14-8-4-6-10-16(14)21-18(23)12-19(24)22-17-11-7-5-9-15(17)20(25)26-3/h4-11,13H,12H2,1-3H3,(H,21,23)(H,22,24). The lowest BCUT2D eigenvalue weighted by atomic mass is 10.0. The number of hydrogen-bond acceptors (Lipinski definition) is 4. The normalized spacial score (nSPS) is 10.3. The molecule has 0 saturated heterocycles. The van der Waals surface area contributed by atoms with Gasteiger partial charge in [-0.15, -0.1) is 0 Å². The van der Waals surface area contributed by atoms with Crippen molar-refractivity contribution in [1.29, 1.82) is 0 Å². The van der Waals surface area contributed by atoms with Crippen LogP contribution in [0.1, 0.15) is 42.1 Å². The molecule has 2 N–H and O–H groups in total. The lowest BCUT2D eigenvalue weighted by Crippen LogP contribution is -2.23. The Balaban J connectivity index is 2.03. The first-order valence-corrected chi connectivity index (χ1v) is 8.28. The Morgan fingerprint density at radius 3 is 2.04 bits per heavy atom. The fourth-order valence-corrected chi connectivity index (χ4v) is 2.53. The molecule has 0 heterocycles. The number of esters is 1. The molecule has 0 unspecified atom stereocenters. The highest BCUT2D eigenvalue weighted by atomic mass is 16.5. The maximum atomic E-state index is 12.2. The van der Waals surface area contributed by atoms with Crippen molar-refractivity contribution in [3.8, 4) is 0 Å². The van der Waals surface area contributed by atoms with E-state index in [1.54, 1.807) is 30.3 Å². The second-order valence-corrected chi connectivity index (χ2v) is 6.05. The smallest absolute Gasteiger partial charge is 0.339 e. The van der Waals surface area contributed by atoms with Crippen LogP contribution in [0.4, 0.5) is 11.4 Å². The van der Waals surface area contributed by atoms with Crippen LogP contribution < -0.4 is 10.6 Å². The molecule has 0 saturated carbocycles. The Morgan fingerprint density at radius 2 is 1.42 bits per heavy atom. The molecule has 2 aromatic carbocycles. The second-order valence-electron chi connectivity index (χ2n) is 6.05. The number of nitrogens with one attached hydrogen (secondary N) is 2. The van der Waals surface area contributed by atoms with Gasteiger partial charge in [-0.05, 0) is 29.7 Å². The van der Waals surface area contributed by atoms with E-state index in [1.807, 2.05) is 32.0 Å². The molecule has 2 rings (SSSR count). The summed E-state index contributed by atoms with van der Waals surface area (Å²) in [5.41, 5.74) is 2.22. The molecule has 0 aliphatic carbocycles. The van der Waals surface area contributed by atoms with Crippen molar-refractivity contribution in [2.24, 2.45) is 0 Å². The number of methoxy groups -OCH3 is 1. The Morgan fingerprint density at radius 1 is 0.885 bits per heavy atom. The number of carbonyl (C=O) groups is 3. The van der Waals surface area contributed by atoms with Crippen molar-refractivity contribution >= 4 is 29.2 Å². The number of ether oxygens (including phenoxy) is 1. The van der Waals surface area contributed by atoms with E-state index < -0.39 is 17.8 Å². The predicted molar refractivity (Wildman–Crippen MR) is 100 cm³/mol. The largest absolute Gasteiger partial charge is 0.465 e. The van der Waals surface area contributed by atoms with Gasteiger partial charge in [-0.1, -0.05) is 44.2 Å². The number of anilines is 2. The van der Waals surface area contributed by atoms with Crippen molar-refractivity contribution < 1.29 is 19.1 Å². The maximum absolute atomic E-state index is 12.2. The third-order valence-corrected chi connectivity index (χ3v) is 3.78. The van der Waals surface area contributed by atoms with Crippen LogP contribution in [0.2, 0.25) is 0 Å². The van der Waals surface area contributed by atoms with Crippen LogP contribution in [0.15, 0.2) is 48.5 Å². The fraction of sp³-hybridized carbons (Fsp3) is 0.250. The van der Waals surface area contributed by atoms with Crippen LogP contribution >= 0.6 is 0 Å². The number of benzene rings is 2. The molecule has 26 heavy (non-hydrogen) atoms. The predicted octanol–water partition coefficient (Wildman–Crippen LogP) is 3.56. The highest BCUT2D eigenvalue weighted by Gasteiger charge is 2.16. The van der Waals surface area contributed by atoms with Crippen molar-refractivity contribution in [2.75, 3.05) is 17.7 Å². The lowest BCUT2D eigenvalue weighted by Gasteiger charge is -2.14. The molecular weight excluding hydrogens is 332 g/mol. The van der Waals surface area contributed by atoms with Crippen LogP contribution in [-0.2, 0) is 14.3 Å². The van der Waals surface area contributed by atoms with Crippen molar-refractivity contribution in [3.63, 3.8) is 0 Å². The van der Waals surface area contributed by atoms with E-state index in [2.05, 4.69) is 15.4 Å². The van der Waals surface area contributed by atoms with Gasteiger partial charge < -0.3 is 15.4 Å². The third-order valence-electron chi connectivity index (χ3n) is 3.78. The van der Waals surface area contributed by atoms with E-state index in [1.165, 1.54) is 7.11 Å². The van der Waals surface area contributed by atoms with Gasteiger partial charge in [-0.2, -0.15) is 0 Å². The molecule has 6 heteroatoms. The van der Waals surface area contributed by atoms with Gasteiger partial charge in [0, 0.05) is 5.69 Å². The number of hydrogen-bond donors (Lipinski definition) is 2. The molecule has 0 bridgehead atoms. The molecule has 0 spiro atoms. The molecule has 0 fully saturated rings. The molecule has 0 atom stereocenters. The van der Waals surface area contributed by atoms with Crippen molar-refractivity contribution in [2.45, 2.75) is 26.2 Å². The monoisotopic (exact) mass is 354 g/mol. The van der Waals surface area contributed by atoms with Gasteiger partial charge in [0.1, 0.15) is 6.42 Å². The average molecular weight is 354 g/mol. The first-order valence-electron chi connectivity index (χ1n) is 8.28. The zero-order valence-corrected chi connectivity index (χ0v) is 15.0. The van der Waals surface area contributed by atoms with Gasteiger partial charge in [0.05, 0.1) is 18.4 Å². The van der Waals surface area contributed by atoms with Crippen LogP contribution in [0.5, 0.6) is 0 Å². The van der Waals surface area contributed by atoms with Gasteiger partial charge in [0.25, 0.3) is 0 Å². The van der Waals surface area contributed by atoms with E-state index in [0.717, 1.165) is 5.56 Å². The van der Waals surface area contributed by atoms with Crippen LogP contribution in [-0.4, -0.2) is 24.9 Å². The molecular formula is C20H22N2O4. The molecule has 0 aliphatic rings. The first-order chi connectivity index (χ1) is 12.4. The highest BCUT2D eigenvalue weighted by Crippen LogP contribution is 2.23. The quantitative estimate of drug-likeness (QED) is 0.613. The highest BCUT2D eigenvalue weighted by molar-refractivity contribution is 6.10. The Bertz CT molecular complexity index is 815. The SMILES string of the molecule is COC(=O)c1ccccc1NC(=O)CC(=O)Nc1ccccc1C(C)C. The molecule has 6 nitrogen and oxygen atoms in total. The lowest BCUT2D eigenvalue weighted by molar-refractivity contribution is -0.123. The molecule has 136 valence electrons. The minimum absolute atomic E-state index is 0.230. The summed E-state index contributed by atoms with van der Waals surface area (Å²) in [5, 5.41) is 5.34. The summed E-state index contributed by atoms with van der Waals surface area (Å²) in [6, 6.07) is 13.9. The van der Waals surface area contributed by atoms with Gasteiger partial charge >= 0.3 is 5.97 Å². The summed E-state index contributed by atoms with van der Waals surface area (Å²) >= 11 is 0. The second kappa shape index (κ2) is 8.80. The summed E-state index contributed by atoms with van der Waals surface area (Å²) in [4.78, 5) is 36.1. The Kier molecular flexibility index (Phi) is 6.49. The first kappa shape index (κ1) is 19.2. The minimum Gasteiger partial charge on any atom is -0.465 e. The fourth-order valence-electron chi connectivity index (χ4n) is 2.53. The topological polar surface area (TPSA) is 84.5 Å². The summed E-state index contributed by atoms with van der Waals surface area (Å²) in [5.74, 6) is -1.25. The van der Waals surface area contributed by atoms with E-state index in [0.29, 0.717) is 11.4 Å². The van der Waals surface area contributed by atoms with Gasteiger partial charge in [0.2, 0.25) is 11.8 Å². The number of rotatable bonds is 6. The van der Waals surface area contributed by atoms with Gasteiger partial charge in [-0.25, -0.2) is 4.79 Å². The summed E-state index contributed by atoms with van der Waals surface area (Å²) in [6.07, 6.45) is -0.359. The summed E-state index contributed by atoms with van der Waals surface area (Å²) < 4.78 is 4.68. The van der Waals surface area contributed by atoms with E-state index in [9.17, 15) is 14.4 Å². The molecule has 0 aliphatic heterocycles. The number of para-hydroxylation sites is 2. The van der Waals surface area contributed by atoms with E-state index in [4.69, 9.17) is 0 Å². The molecule has 0 radical (unpaired) electrons. The third kappa shape index (κ3) is 4.92. The number of carbonyl (C=O) groups excluding carboxylic acids is 3. The van der Waals surface area contributed by atoms with Crippen LogP contribution in [0.3, 0.4) is 0 Å². The zero-order valence-electron chi connectivity index (χ0n) is 15.0. The molecule has 0 aromatic heterocycles. The summed E-state index contributed by atoms with van der Waals surface area (Å²) in [7, 11) is 1.26. The summed E-state index contributed by atoms with van der Waals surface area (Å²) in [6.45, 7) is 4.06. The van der Waals surface area contributed by atoms with Gasteiger partial charge in [-0.3, -0.25) is 9.59 Å². The minimum atomic E-state index is -0.559. The van der Waals surface area contributed by atoms with Crippen molar-refractivity contribution in [3.05, 3.63) is 59.7 Å². The average Bonchev–Trinajstić information content (AvgIpc) is 2.61. The van der Waals surface area contributed by atoms with Crippen molar-refractivity contribution in [1.82, 2.24) is 0 Å². The van der Waals surface area contributed by atoms with Crippen LogP contribution in [0, 0.1) is 0 Å². The number of amides is 2.